The summed E-state index contributed by atoms with van der Waals surface area (Å²) in [7, 11) is 0. The Labute approximate surface area is 164 Å². The second kappa shape index (κ2) is 7.19. The van der Waals surface area contributed by atoms with Crippen molar-refractivity contribution < 1.29 is 19.1 Å². The molecule has 1 fully saturated rings. The third kappa shape index (κ3) is 3.30. The summed E-state index contributed by atoms with van der Waals surface area (Å²) < 4.78 is 10.9. The number of nitrogens with one attached hydrogen (secondary N) is 1. The number of amides is 2. The molecular weight excluding hydrogens is 356 g/mol. The van der Waals surface area contributed by atoms with Crippen molar-refractivity contribution in [1.82, 2.24) is 10.2 Å². The molecule has 6 heteroatoms. The summed E-state index contributed by atoms with van der Waals surface area (Å²) in [5.74, 6) is 1.13. The molecule has 1 saturated heterocycles. The summed E-state index contributed by atoms with van der Waals surface area (Å²) in [6.45, 7) is 4.79. The molecule has 0 aliphatic carbocycles. The standard InChI is InChI=1S/C22H24N2O4/c1-22(2)21(26)23-10-11-24(22)20(25)13-17(15-6-4-3-5-7-15)16-8-9-18-19(12-16)28-14-27-18/h3-9,12,17H,10-11,13-14H2,1-2H3,(H,23,26). The number of hydrogen-bond acceptors (Lipinski definition) is 4. The summed E-state index contributed by atoms with van der Waals surface area (Å²) in [5.41, 5.74) is 1.18. The number of fused-ring (bicyclic) bond motifs is 1. The highest BCUT2D eigenvalue weighted by Gasteiger charge is 2.41. The van der Waals surface area contributed by atoms with Crippen LogP contribution in [-0.2, 0) is 9.59 Å². The monoisotopic (exact) mass is 380 g/mol. The Morgan fingerprint density at radius 3 is 2.64 bits per heavy atom. The smallest absolute Gasteiger partial charge is 0.245 e. The maximum atomic E-state index is 13.2. The normalized spacial score (nSPS) is 18.5. The summed E-state index contributed by atoms with van der Waals surface area (Å²) in [5, 5.41) is 2.84. The Morgan fingerprint density at radius 1 is 1.11 bits per heavy atom. The summed E-state index contributed by atoms with van der Waals surface area (Å²) >= 11 is 0. The van der Waals surface area contributed by atoms with Gasteiger partial charge in [0.05, 0.1) is 0 Å². The Balaban J connectivity index is 1.65. The van der Waals surface area contributed by atoms with Crippen molar-refractivity contribution in [3.63, 3.8) is 0 Å². The van der Waals surface area contributed by atoms with Crippen LogP contribution in [0.3, 0.4) is 0 Å². The molecule has 0 bridgehead atoms. The van der Waals surface area contributed by atoms with Crippen LogP contribution in [0.15, 0.2) is 48.5 Å². The van der Waals surface area contributed by atoms with Gasteiger partial charge in [-0.05, 0) is 37.1 Å². The van der Waals surface area contributed by atoms with Gasteiger partial charge in [0.2, 0.25) is 18.6 Å². The van der Waals surface area contributed by atoms with Crippen molar-refractivity contribution in [2.24, 2.45) is 0 Å². The van der Waals surface area contributed by atoms with Gasteiger partial charge in [-0.15, -0.1) is 0 Å². The van der Waals surface area contributed by atoms with Gasteiger partial charge in [-0.2, -0.15) is 0 Å². The first kappa shape index (κ1) is 18.3. The van der Waals surface area contributed by atoms with Crippen LogP contribution in [0.4, 0.5) is 0 Å². The van der Waals surface area contributed by atoms with Gasteiger partial charge in [-0.1, -0.05) is 36.4 Å². The molecule has 1 N–H and O–H groups in total. The van der Waals surface area contributed by atoms with Gasteiger partial charge in [0.15, 0.2) is 11.5 Å². The van der Waals surface area contributed by atoms with E-state index in [0.717, 1.165) is 16.9 Å². The zero-order valence-corrected chi connectivity index (χ0v) is 16.1. The molecule has 2 aromatic rings. The molecular formula is C22H24N2O4. The fourth-order valence-corrected chi connectivity index (χ4v) is 3.86. The molecule has 1 atom stereocenters. The highest BCUT2D eigenvalue weighted by molar-refractivity contribution is 5.92. The number of hydrogen-bond donors (Lipinski definition) is 1. The number of benzene rings is 2. The Bertz CT molecular complexity index is 895. The zero-order chi connectivity index (χ0) is 19.7. The zero-order valence-electron chi connectivity index (χ0n) is 16.1. The lowest BCUT2D eigenvalue weighted by molar-refractivity contribution is -0.149. The molecule has 146 valence electrons. The first-order chi connectivity index (χ1) is 13.5. The van der Waals surface area contributed by atoms with Gasteiger partial charge >= 0.3 is 0 Å². The van der Waals surface area contributed by atoms with Crippen molar-refractivity contribution in [1.29, 1.82) is 0 Å². The largest absolute Gasteiger partial charge is 0.454 e. The van der Waals surface area contributed by atoms with Crippen molar-refractivity contribution in [2.75, 3.05) is 19.9 Å². The quantitative estimate of drug-likeness (QED) is 0.886. The number of nitrogens with zero attached hydrogens (tertiary/aromatic N) is 1. The molecule has 0 aromatic heterocycles. The van der Waals surface area contributed by atoms with Crippen LogP contribution >= 0.6 is 0 Å². The van der Waals surface area contributed by atoms with Gasteiger partial charge in [0, 0.05) is 25.4 Å². The summed E-state index contributed by atoms with van der Waals surface area (Å²) in [4.78, 5) is 27.2. The maximum Gasteiger partial charge on any atom is 0.245 e. The number of carbonyl (C=O) groups is 2. The van der Waals surface area contributed by atoms with Gasteiger partial charge in [0.25, 0.3) is 0 Å². The predicted molar refractivity (Wildman–Crippen MR) is 104 cm³/mol. The van der Waals surface area contributed by atoms with Crippen LogP contribution in [0.25, 0.3) is 0 Å². The molecule has 2 aliphatic rings. The van der Waals surface area contributed by atoms with Crippen molar-refractivity contribution in [2.45, 2.75) is 31.7 Å². The Kier molecular flexibility index (Phi) is 4.71. The SMILES string of the molecule is CC1(C)C(=O)NCCN1C(=O)CC(c1ccccc1)c1ccc2c(c1)OCO2. The van der Waals surface area contributed by atoms with E-state index in [1.54, 1.807) is 18.7 Å². The van der Waals surface area contributed by atoms with Gasteiger partial charge in [0.1, 0.15) is 5.54 Å². The van der Waals surface area contributed by atoms with Crippen LogP contribution in [0.2, 0.25) is 0 Å². The minimum atomic E-state index is -0.856. The van der Waals surface area contributed by atoms with Crippen LogP contribution < -0.4 is 14.8 Å². The molecule has 0 saturated carbocycles. The van der Waals surface area contributed by atoms with E-state index >= 15 is 0 Å². The fraction of sp³-hybridized carbons (Fsp3) is 0.364. The van der Waals surface area contributed by atoms with E-state index in [4.69, 9.17) is 9.47 Å². The van der Waals surface area contributed by atoms with Gasteiger partial charge < -0.3 is 19.7 Å². The van der Waals surface area contributed by atoms with E-state index in [9.17, 15) is 9.59 Å². The minimum Gasteiger partial charge on any atom is -0.454 e. The third-order valence-corrected chi connectivity index (χ3v) is 5.53. The predicted octanol–water partition coefficient (Wildman–Crippen LogP) is 2.67. The Morgan fingerprint density at radius 2 is 1.86 bits per heavy atom. The lowest BCUT2D eigenvalue weighted by Gasteiger charge is -2.41. The maximum absolute atomic E-state index is 13.2. The third-order valence-electron chi connectivity index (χ3n) is 5.53. The lowest BCUT2D eigenvalue weighted by atomic mass is 9.87. The van der Waals surface area contributed by atoms with E-state index in [-0.39, 0.29) is 30.9 Å². The molecule has 2 heterocycles. The molecule has 0 radical (unpaired) electrons. The highest BCUT2D eigenvalue weighted by atomic mass is 16.7. The molecule has 0 spiro atoms. The van der Waals surface area contributed by atoms with Crippen molar-refractivity contribution >= 4 is 11.8 Å². The molecule has 4 rings (SSSR count). The summed E-state index contributed by atoms with van der Waals surface area (Å²) in [6.07, 6.45) is 0.278. The van der Waals surface area contributed by atoms with Crippen molar-refractivity contribution in [3.8, 4) is 11.5 Å². The lowest BCUT2D eigenvalue weighted by Crippen LogP contribution is -2.63. The van der Waals surface area contributed by atoms with Crippen LogP contribution in [0.5, 0.6) is 11.5 Å². The van der Waals surface area contributed by atoms with E-state index in [2.05, 4.69) is 5.32 Å². The number of ether oxygens (including phenoxy) is 2. The second-order valence-electron chi connectivity index (χ2n) is 7.64. The molecule has 2 aliphatic heterocycles. The molecule has 2 aromatic carbocycles. The van der Waals surface area contributed by atoms with Crippen LogP contribution in [0, 0.1) is 0 Å². The molecule has 6 nitrogen and oxygen atoms in total. The number of rotatable bonds is 4. The number of piperazine rings is 1. The van der Waals surface area contributed by atoms with E-state index in [1.165, 1.54) is 0 Å². The fourth-order valence-electron chi connectivity index (χ4n) is 3.86. The van der Waals surface area contributed by atoms with E-state index < -0.39 is 5.54 Å². The average molecular weight is 380 g/mol. The van der Waals surface area contributed by atoms with Gasteiger partial charge in [-0.25, -0.2) is 0 Å². The van der Waals surface area contributed by atoms with Crippen LogP contribution in [0.1, 0.15) is 37.3 Å². The van der Waals surface area contributed by atoms with E-state index in [1.807, 2.05) is 48.5 Å². The van der Waals surface area contributed by atoms with E-state index in [0.29, 0.717) is 18.8 Å². The Hall–Kier alpha value is -3.02. The first-order valence-electron chi connectivity index (χ1n) is 9.50. The molecule has 28 heavy (non-hydrogen) atoms. The highest BCUT2D eigenvalue weighted by Crippen LogP contribution is 2.38. The molecule has 2 amide bonds. The van der Waals surface area contributed by atoms with Gasteiger partial charge in [-0.3, -0.25) is 9.59 Å². The summed E-state index contributed by atoms with van der Waals surface area (Å²) in [6, 6.07) is 15.8. The van der Waals surface area contributed by atoms with Crippen molar-refractivity contribution in [3.05, 3.63) is 59.7 Å². The number of carbonyl (C=O) groups excluding carboxylic acids is 2. The average Bonchev–Trinajstić information content (AvgIpc) is 3.16. The first-order valence-corrected chi connectivity index (χ1v) is 9.50. The minimum absolute atomic E-state index is 0.0358. The van der Waals surface area contributed by atoms with Crippen LogP contribution in [-0.4, -0.2) is 42.1 Å². The second-order valence-corrected chi connectivity index (χ2v) is 7.64. The molecule has 1 unspecified atom stereocenters. The topological polar surface area (TPSA) is 67.9 Å².